The molecule has 0 saturated carbocycles. The Morgan fingerprint density at radius 3 is 2.22 bits per heavy atom. The van der Waals surface area contributed by atoms with E-state index in [1.165, 1.54) is 44.4 Å². The Hall–Kier alpha value is -3.78. The molecule has 0 spiro atoms. The van der Waals surface area contributed by atoms with Crippen molar-refractivity contribution in [3.8, 4) is 29.0 Å². The third-order valence-electron chi connectivity index (χ3n) is 5.46. The van der Waals surface area contributed by atoms with Crippen LogP contribution in [0.2, 0.25) is 5.02 Å². The van der Waals surface area contributed by atoms with Crippen LogP contribution in [0.3, 0.4) is 0 Å². The number of hydrogen-bond donors (Lipinski definition) is 1. The Kier molecular flexibility index (Phi) is 7.08. The molecule has 0 aromatic carbocycles. The van der Waals surface area contributed by atoms with Gasteiger partial charge in [-0.05, 0) is 26.0 Å². The van der Waals surface area contributed by atoms with Crippen molar-refractivity contribution in [1.29, 1.82) is 0 Å². The summed E-state index contributed by atoms with van der Waals surface area (Å²) in [5.74, 6) is 0.920. The second-order valence-corrected chi connectivity index (χ2v) is 10.2. The van der Waals surface area contributed by atoms with Crippen LogP contribution in [0, 0.1) is 6.92 Å². The van der Waals surface area contributed by atoms with Crippen LogP contribution in [-0.4, -0.2) is 62.6 Å². The molecule has 190 valence electrons. The largest absolute Gasteiger partial charge is 0.479 e. The SMILES string of the molecule is COc1ncnc(OC)c1-n1c(NS(=O)(=O)C(C)C(C)c2ncc(Cl)cn2)nnc1-c1ccc(C)o1. The van der Waals surface area contributed by atoms with Gasteiger partial charge in [-0.25, -0.2) is 23.0 Å². The van der Waals surface area contributed by atoms with E-state index < -0.39 is 21.2 Å². The van der Waals surface area contributed by atoms with Crippen molar-refractivity contribution in [1.82, 2.24) is 34.7 Å². The third-order valence-corrected chi connectivity index (χ3v) is 7.51. The first-order valence-corrected chi connectivity index (χ1v) is 12.5. The highest BCUT2D eigenvalue weighted by Gasteiger charge is 2.33. The fraction of sp³-hybridized carbons (Fsp3) is 0.333. The van der Waals surface area contributed by atoms with Crippen LogP contribution in [0.5, 0.6) is 11.8 Å². The van der Waals surface area contributed by atoms with Gasteiger partial charge in [0.2, 0.25) is 33.6 Å². The number of nitrogens with one attached hydrogen (secondary N) is 1. The van der Waals surface area contributed by atoms with Crippen LogP contribution in [0.25, 0.3) is 17.3 Å². The first-order valence-electron chi connectivity index (χ1n) is 10.6. The molecule has 4 aromatic heterocycles. The molecular weight excluding hydrogens is 512 g/mol. The van der Waals surface area contributed by atoms with Gasteiger partial charge >= 0.3 is 0 Å². The molecular formula is C21H23ClN8O5S. The minimum Gasteiger partial charge on any atom is -0.479 e. The quantitative estimate of drug-likeness (QED) is 0.336. The monoisotopic (exact) mass is 534 g/mol. The van der Waals surface area contributed by atoms with Crippen molar-refractivity contribution in [3.63, 3.8) is 0 Å². The van der Waals surface area contributed by atoms with E-state index in [0.717, 1.165) is 0 Å². The Bertz CT molecular complexity index is 1450. The van der Waals surface area contributed by atoms with Crippen LogP contribution in [0.15, 0.2) is 35.3 Å². The summed E-state index contributed by atoms with van der Waals surface area (Å²) in [6, 6.07) is 3.42. The number of furan rings is 1. The van der Waals surface area contributed by atoms with Crippen molar-refractivity contribution in [2.24, 2.45) is 0 Å². The summed E-state index contributed by atoms with van der Waals surface area (Å²) in [7, 11) is -1.23. The molecule has 4 aromatic rings. The summed E-state index contributed by atoms with van der Waals surface area (Å²) in [5.41, 5.74) is 0.177. The van der Waals surface area contributed by atoms with Crippen LogP contribution in [0.1, 0.15) is 31.4 Å². The van der Waals surface area contributed by atoms with Crippen molar-refractivity contribution in [3.05, 3.63) is 47.5 Å². The van der Waals surface area contributed by atoms with E-state index in [9.17, 15) is 8.42 Å². The summed E-state index contributed by atoms with van der Waals surface area (Å²) in [6.45, 7) is 5.00. The van der Waals surface area contributed by atoms with E-state index in [0.29, 0.717) is 22.4 Å². The number of halogens is 1. The van der Waals surface area contributed by atoms with Crippen LogP contribution < -0.4 is 14.2 Å². The molecule has 15 heteroatoms. The van der Waals surface area contributed by atoms with Crippen LogP contribution >= 0.6 is 11.6 Å². The highest BCUT2D eigenvalue weighted by Crippen LogP contribution is 2.36. The van der Waals surface area contributed by atoms with Crippen molar-refractivity contribution in [2.45, 2.75) is 31.9 Å². The predicted octanol–water partition coefficient (Wildman–Crippen LogP) is 3.02. The van der Waals surface area contributed by atoms with E-state index in [-0.39, 0.29) is 29.2 Å². The van der Waals surface area contributed by atoms with Crippen molar-refractivity contribution < 1.29 is 22.3 Å². The smallest absolute Gasteiger partial charge is 0.245 e. The Morgan fingerprint density at radius 2 is 1.67 bits per heavy atom. The van der Waals surface area contributed by atoms with Gasteiger partial charge in [-0.2, -0.15) is 9.97 Å². The molecule has 13 nitrogen and oxygen atoms in total. The zero-order valence-corrected chi connectivity index (χ0v) is 21.6. The van der Waals surface area contributed by atoms with Crippen molar-refractivity contribution >= 4 is 27.6 Å². The molecule has 36 heavy (non-hydrogen) atoms. The van der Waals surface area contributed by atoms with Gasteiger partial charge in [-0.3, -0.25) is 4.72 Å². The summed E-state index contributed by atoms with van der Waals surface area (Å²) >= 11 is 5.86. The lowest BCUT2D eigenvalue weighted by molar-refractivity contribution is 0.368. The highest BCUT2D eigenvalue weighted by molar-refractivity contribution is 7.93. The zero-order valence-electron chi connectivity index (χ0n) is 20.0. The van der Waals surface area contributed by atoms with E-state index in [1.54, 1.807) is 26.0 Å². The number of aromatic nitrogens is 7. The van der Waals surface area contributed by atoms with E-state index in [4.69, 9.17) is 25.5 Å². The average Bonchev–Trinajstić information content (AvgIpc) is 3.48. The van der Waals surface area contributed by atoms with Crippen molar-refractivity contribution in [2.75, 3.05) is 18.9 Å². The van der Waals surface area contributed by atoms with E-state index >= 15 is 0 Å². The van der Waals surface area contributed by atoms with Gasteiger partial charge in [-0.15, -0.1) is 10.2 Å². The lowest BCUT2D eigenvalue weighted by Crippen LogP contribution is -2.31. The Balaban J connectivity index is 1.81. The maximum Gasteiger partial charge on any atom is 0.245 e. The van der Waals surface area contributed by atoms with Gasteiger partial charge in [0.15, 0.2) is 11.4 Å². The van der Waals surface area contributed by atoms with E-state index in [1.807, 2.05) is 0 Å². The van der Waals surface area contributed by atoms with Gasteiger partial charge in [-0.1, -0.05) is 18.5 Å². The fourth-order valence-electron chi connectivity index (χ4n) is 3.37. The molecule has 0 saturated heterocycles. The average molecular weight is 535 g/mol. The molecule has 0 radical (unpaired) electrons. The van der Waals surface area contributed by atoms with Gasteiger partial charge in [0.1, 0.15) is 17.9 Å². The lowest BCUT2D eigenvalue weighted by atomic mass is 10.1. The molecule has 0 fully saturated rings. The summed E-state index contributed by atoms with van der Waals surface area (Å²) in [4.78, 5) is 16.5. The maximum atomic E-state index is 13.4. The highest BCUT2D eigenvalue weighted by atomic mass is 35.5. The van der Waals surface area contributed by atoms with Gasteiger partial charge < -0.3 is 13.9 Å². The molecule has 0 aliphatic heterocycles. The number of ether oxygens (including phenoxy) is 2. The topological polar surface area (TPSA) is 160 Å². The minimum atomic E-state index is -4.04. The predicted molar refractivity (Wildman–Crippen MR) is 130 cm³/mol. The molecule has 0 bridgehead atoms. The van der Waals surface area contributed by atoms with E-state index in [2.05, 4.69) is 34.9 Å². The first-order chi connectivity index (χ1) is 17.2. The maximum absolute atomic E-state index is 13.4. The molecule has 0 amide bonds. The Morgan fingerprint density at radius 1 is 1.03 bits per heavy atom. The van der Waals surface area contributed by atoms with Crippen LogP contribution in [-0.2, 0) is 10.0 Å². The summed E-state index contributed by atoms with van der Waals surface area (Å²) in [6.07, 6.45) is 4.08. The van der Waals surface area contributed by atoms with Gasteiger partial charge in [0.25, 0.3) is 0 Å². The molecule has 2 atom stereocenters. The molecule has 0 aliphatic carbocycles. The molecule has 1 N–H and O–H groups in total. The van der Waals surface area contributed by atoms with Gasteiger partial charge in [0, 0.05) is 18.3 Å². The number of methoxy groups -OCH3 is 2. The van der Waals surface area contributed by atoms with Gasteiger partial charge in [0.05, 0.1) is 24.5 Å². The number of nitrogens with zero attached hydrogens (tertiary/aromatic N) is 7. The third kappa shape index (κ3) is 4.81. The lowest BCUT2D eigenvalue weighted by Gasteiger charge is -2.20. The number of rotatable bonds is 9. The standard InChI is InChI=1S/C21H23ClN8O5S/c1-11-6-7-15(35-11)18-27-28-21(30(18)16-19(33-4)25-10-26-20(16)34-5)29-36(31,32)13(3)12(2)17-23-8-14(22)9-24-17/h6-10,12-13H,1-5H3,(H,28,29). The fourth-order valence-corrected chi connectivity index (χ4v) is 4.70. The summed E-state index contributed by atoms with van der Waals surface area (Å²) in [5, 5.41) is 7.64. The number of aryl methyl sites for hydroxylation is 1. The number of anilines is 1. The Labute approximate surface area is 211 Å². The zero-order chi connectivity index (χ0) is 26.0. The minimum absolute atomic E-state index is 0.0996. The van der Waals surface area contributed by atoms with Crippen LogP contribution in [0.4, 0.5) is 5.95 Å². The first kappa shape index (κ1) is 25.3. The molecule has 4 heterocycles. The number of hydrogen-bond acceptors (Lipinski definition) is 11. The number of sulfonamides is 1. The normalized spacial score (nSPS) is 13.3. The summed E-state index contributed by atoms with van der Waals surface area (Å²) < 4.78 is 47.3. The molecule has 2 unspecified atom stereocenters. The second-order valence-electron chi connectivity index (χ2n) is 7.73. The second kappa shape index (κ2) is 10.1. The molecule has 0 aliphatic rings. The molecule has 4 rings (SSSR count).